The molecular formula is C37H42N4O4. The second-order valence-corrected chi connectivity index (χ2v) is 11.5. The molecule has 0 aliphatic rings. The number of unbranched alkanes of at least 4 members (excludes halogenated alkanes) is 4. The number of amides is 2. The van der Waals surface area contributed by atoms with E-state index in [1.165, 1.54) is 24.2 Å². The van der Waals surface area contributed by atoms with Crippen LogP contribution in [0.15, 0.2) is 97.1 Å². The van der Waals surface area contributed by atoms with Crippen LogP contribution in [0.1, 0.15) is 67.4 Å². The van der Waals surface area contributed by atoms with Gasteiger partial charge in [0, 0.05) is 42.4 Å². The molecule has 0 fully saturated rings. The first-order chi connectivity index (χ1) is 21.7. The molecule has 1 atom stereocenters. The molecular weight excluding hydrogens is 564 g/mol. The molecule has 1 unspecified atom stereocenters. The zero-order valence-electron chi connectivity index (χ0n) is 26.3. The maximum atomic E-state index is 13.2. The monoisotopic (exact) mass is 606 g/mol. The zero-order chi connectivity index (χ0) is 32.2. The Morgan fingerprint density at radius 2 is 1.51 bits per heavy atom. The number of hydrogen-bond acceptors (Lipinski definition) is 5. The average Bonchev–Trinajstić information content (AvgIpc) is 3.06. The summed E-state index contributed by atoms with van der Waals surface area (Å²) in [5.41, 5.74) is 2.34. The molecule has 3 N–H and O–H groups in total. The van der Waals surface area contributed by atoms with E-state index in [2.05, 4.69) is 17.6 Å². The van der Waals surface area contributed by atoms with Crippen LogP contribution < -0.4 is 15.5 Å². The lowest BCUT2D eigenvalue weighted by Gasteiger charge is -2.29. The Balaban J connectivity index is 1.44. The van der Waals surface area contributed by atoms with Gasteiger partial charge in [0.25, 0.3) is 0 Å². The first kappa shape index (κ1) is 32.9. The third-order valence-corrected chi connectivity index (χ3v) is 7.84. The number of carboxylic acid groups (broad SMARTS) is 1. The van der Waals surface area contributed by atoms with E-state index in [1.807, 2.05) is 42.5 Å². The third-order valence-electron chi connectivity index (χ3n) is 7.84. The second kappa shape index (κ2) is 15.7. The highest BCUT2D eigenvalue weighted by Crippen LogP contribution is 2.27. The molecule has 4 aromatic rings. The number of carbonyl (C=O) groups excluding carboxylic acids is 2. The summed E-state index contributed by atoms with van der Waals surface area (Å²) in [7, 11) is 1.70. The maximum absolute atomic E-state index is 13.2. The van der Waals surface area contributed by atoms with Crippen molar-refractivity contribution in [2.24, 2.45) is 0 Å². The van der Waals surface area contributed by atoms with Gasteiger partial charge in [0.2, 0.25) is 0 Å². The Kier molecular flexibility index (Phi) is 11.5. The Bertz CT molecular complexity index is 1590. The van der Waals surface area contributed by atoms with Crippen LogP contribution in [-0.2, 0) is 11.2 Å². The summed E-state index contributed by atoms with van der Waals surface area (Å²) >= 11 is 0. The standard InChI is InChI=1S/C37H42N4O4/c1-4-5-6-7-13-25-38-36(45)41(3)33-20-14-19-31(39-33)28-23-21-27(22-24-28)26-37(2,35(43)44)40-32-18-12-11-17-30(32)34(42)29-15-9-8-10-16-29/h8-12,14-24,40H,4-7,13,25-26H2,1-3H3,(H,38,45)(H,43,44). The van der Waals surface area contributed by atoms with Crippen LogP contribution in [-0.4, -0.2) is 47.0 Å². The number of anilines is 2. The molecule has 8 nitrogen and oxygen atoms in total. The molecule has 0 aliphatic carbocycles. The van der Waals surface area contributed by atoms with Crippen molar-refractivity contribution in [1.29, 1.82) is 0 Å². The van der Waals surface area contributed by atoms with E-state index in [0.717, 1.165) is 24.0 Å². The van der Waals surface area contributed by atoms with Gasteiger partial charge in [-0.05, 0) is 43.2 Å². The summed E-state index contributed by atoms with van der Waals surface area (Å²) in [5, 5.41) is 16.4. The molecule has 0 saturated heterocycles. The summed E-state index contributed by atoms with van der Waals surface area (Å²) in [6.07, 6.45) is 5.81. The molecule has 234 valence electrons. The van der Waals surface area contributed by atoms with Crippen LogP contribution in [0.4, 0.5) is 16.3 Å². The minimum atomic E-state index is -1.39. The Hall–Kier alpha value is -4.98. The van der Waals surface area contributed by atoms with E-state index < -0.39 is 11.5 Å². The number of nitrogens with zero attached hydrogens (tertiary/aromatic N) is 2. The van der Waals surface area contributed by atoms with E-state index in [4.69, 9.17) is 4.98 Å². The number of carbonyl (C=O) groups is 3. The van der Waals surface area contributed by atoms with Crippen LogP contribution in [0.5, 0.6) is 0 Å². The van der Waals surface area contributed by atoms with E-state index in [-0.39, 0.29) is 18.2 Å². The van der Waals surface area contributed by atoms with Crippen LogP contribution in [0.25, 0.3) is 11.3 Å². The number of para-hydroxylation sites is 1. The fourth-order valence-electron chi connectivity index (χ4n) is 5.12. The topological polar surface area (TPSA) is 112 Å². The number of pyridine rings is 1. The lowest BCUT2D eigenvalue weighted by Crippen LogP contribution is -2.45. The number of rotatable bonds is 15. The van der Waals surface area contributed by atoms with Gasteiger partial charge in [-0.15, -0.1) is 0 Å². The van der Waals surface area contributed by atoms with Gasteiger partial charge < -0.3 is 15.7 Å². The van der Waals surface area contributed by atoms with Crippen molar-refractivity contribution in [3.63, 3.8) is 0 Å². The fraction of sp³-hybridized carbons (Fsp3) is 0.297. The first-order valence-electron chi connectivity index (χ1n) is 15.5. The van der Waals surface area contributed by atoms with Gasteiger partial charge in [0.05, 0.1) is 5.69 Å². The minimum Gasteiger partial charge on any atom is -0.480 e. The van der Waals surface area contributed by atoms with Gasteiger partial charge in [-0.25, -0.2) is 14.6 Å². The summed E-state index contributed by atoms with van der Waals surface area (Å²) in [5.74, 6) is -0.687. The Morgan fingerprint density at radius 3 is 2.22 bits per heavy atom. The molecule has 0 spiro atoms. The third kappa shape index (κ3) is 8.79. The van der Waals surface area contributed by atoms with Crippen molar-refractivity contribution in [2.75, 3.05) is 23.8 Å². The minimum absolute atomic E-state index is 0.172. The Morgan fingerprint density at radius 1 is 0.822 bits per heavy atom. The molecule has 0 aliphatic heterocycles. The van der Waals surface area contributed by atoms with Gasteiger partial charge in [0.1, 0.15) is 11.4 Å². The zero-order valence-corrected chi connectivity index (χ0v) is 26.3. The molecule has 0 saturated carbocycles. The van der Waals surface area contributed by atoms with Crippen molar-refractivity contribution >= 4 is 29.3 Å². The van der Waals surface area contributed by atoms with Crippen LogP contribution in [0, 0.1) is 0 Å². The maximum Gasteiger partial charge on any atom is 0.329 e. The number of aromatic nitrogens is 1. The van der Waals surface area contributed by atoms with E-state index in [0.29, 0.717) is 34.9 Å². The van der Waals surface area contributed by atoms with Crippen LogP contribution >= 0.6 is 0 Å². The van der Waals surface area contributed by atoms with Gasteiger partial charge >= 0.3 is 12.0 Å². The summed E-state index contributed by atoms with van der Waals surface area (Å²) < 4.78 is 0. The number of hydrogen-bond donors (Lipinski definition) is 3. The molecule has 1 aromatic heterocycles. The first-order valence-corrected chi connectivity index (χ1v) is 15.5. The molecule has 8 heteroatoms. The van der Waals surface area contributed by atoms with Gasteiger partial charge in [0.15, 0.2) is 5.78 Å². The highest BCUT2D eigenvalue weighted by molar-refractivity contribution is 6.12. The lowest BCUT2D eigenvalue weighted by atomic mass is 9.90. The van der Waals surface area contributed by atoms with E-state index in [1.54, 1.807) is 68.6 Å². The van der Waals surface area contributed by atoms with E-state index in [9.17, 15) is 19.5 Å². The van der Waals surface area contributed by atoms with Crippen molar-refractivity contribution in [1.82, 2.24) is 10.3 Å². The number of ketones is 1. The lowest BCUT2D eigenvalue weighted by molar-refractivity contribution is -0.141. The SMILES string of the molecule is CCCCCCCNC(=O)N(C)c1cccc(-c2ccc(CC(C)(Nc3ccccc3C(=O)c3ccccc3)C(=O)O)cc2)n1. The van der Waals surface area contributed by atoms with Gasteiger partial charge in [-0.2, -0.15) is 0 Å². The largest absolute Gasteiger partial charge is 0.480 e. The highest BCUT2D eigenvalue weighted by Gasteiger charge is 2.34. The Labute approximate surface area is 265 Å². The predicted molar refractivity (Wildman–Crippen MR) is 180 cm³/mol. The van der Waals surface area contributed by atoms with Crippen molar-refractivity contribution < 1.29 is 19.5 Å². The molecule has 4 rings (SSSR count). The number of aliphatic carboxylic acids is 1. The van der Waals surface area contributed by atoms with E-state index >= 15 is 0 Å². The second-order valence-electron chi connectivity index (χ2n) is 11.5. The van der Waals surface area contributed by atoms with Crippen molar-refractivity contribution in [3.05, 3.63) is 114 Å². The number of urea groups is 1. The number of nitrogens with one attached hydrogen (secondary N) is 2. The molecule has 45 heavy (non-hydrogen) atoms. The molecule has 2 amide bonds. The fourth-order valence-corrected chi connectivity index (χ4v) is 5.12. The van der Waals surface area contributed by atoms with Crippen molar-refractivity contribution in [3.8, 4) is 11.3 Å². The van der Waals surface area contributed by atoms with Gasteiger partial charge in [-0.3, -0.25) is 9.69 Å². The molecule has 3 aromatic carbocycles. The van der Waals surface area contributed by atoms with Crippen molar-refractivity contribution in [2.45, 2.75) is 57.9 Å². The predicted octanol–water partition coefficient (Wildman–Crippen LogP) is 7.59. The molecule has 0 bridgehead atoms. The molecule has 1 heterocycles. The number of benzene rings is 3. The highest BCUT2D eigenvalue weighted by atomic mass is 16.4. The van der Waals surface area contributed by atoms with Gasteiger partial charge in [-0.1, -0.05) is 105 Å². The smallest absolute Gasteiger partial charge is 0.329 e. The number of carboxylic acids is 1. The summed E-state index contributed by atoms with van der Waals surface area (Å²) in [4.78, 5) is 44.7. The van der Waals surface area contributed by atoms with Crippen LogP contribution in [0.3, 0.4) is 0 Å². The normalized spacial score (nSPS) is 12.2. The average molecular weight is 607 g/mol. The quantitative estimate of drug-likeness (QED) is 0.0950. The summed E-state index contributed by atoms with van der Waals surface area (Å²) in [6.45, 7) is 4.43. The van der Waals surface area contributed by atoms with Crippen LogP contribution in [0.2, 0.25) is 0 Å². The molecule has 0 radical (unpaired) electrons. The summed E-state index contributed by atoms with van der Waals surface area (Å²) in [6, 6.07) is 28.8.